The molecule has 0 fully saturated rings. The Morgan fingerprint density at radius 3 is 2.44 bits per heavy atom. The van der Waals surface area contributed by atoms with Gasteiger partial charge in [-0.15, -0.1) is 0 Å². The minimum atomic E-state index is -4.93. The predicted molar refractivity (Wildman–Crippen MR) is 88.9 cm³/mol. The number of benzene rings is 1. The number of sulfonamides is 1. The summed E-state index contributed by atoms with van der Waals surface area (Å²) in [6.07, 6.45) is -4.62. The molecule has 2 rings (SSSR count). The SMILES string of the molecule is COCCC(=O)c1cc2c(=O)n(NS(C)(=O)=O)c(=O)[nH]c2cc1C(F)(F)F. The monoisotopic (exact) mass is 409 g/mol. The third kappa shape index (κ3) is 4.54. The van der Waals surface area contributed by atoms with Gasteiger partial charge in [-0.05, 0) is 12.1 Å². The summed E-state index contributed by atoms with van der Waals surface area (Å²) in [5, 5.41) is -0.473. The molecule has 0 radical (unpaired) electrons. The number of methoxy groups -OCH3 is 1. The summed E-state index contributed by atoms with van der Waals surface area (Å²) in [4.78, 5) is 40.0. The van der Waals surface area contributed by atoms with Crippen LogP contribution in [0.3, 0.4) is 0 Å². The highest BCUT2D eigenvalue weighted by Crippen LogP contribution is 2.34. The quantitative estimate of drug-likeness (QED) is 0.666. The molecule has 0 unspecified atom stereocenters. The van der Waals surface area contributed by atoms with E-state index in [1.54, 1.807) is 4.83 Å². The summed E-state index contributed by atoms with van der Waals surface area (Å²) in [5.74, 6) is -0.931. The summed E-state index contributed by atoms with van der Waals surface area (Å²) in [6.45, 7) is -0.139. The Morgan fingerprint density at radius 1 is 1.30 bits per heavy atom. The number of rotatable bonds is 6. The first-order chi connectivity index (χ1) is 12.3. The number of ketones is 1. The molecule has 1 aromatic carbocycles. The number of H-pyrrole nitrogens is 1. The summed E-state index contributed by atoms with van der Waals surface area (Å²) in [5.41, 5.74) is -5.13. The van der Waals surface area contributed by atoms with Crippen molar-refractivity contribution >= 4 is 26.7 Å². The Kier molecular flexibility index (Phi) is 5.47. The van der Waals surface area contributed by atoms with E-state index in [1.165, 1.54) is 7.11 Å². The molecular weight excluding hydrogens is 395 g/mol. The second kappa shape index (κ2) is 7.15. The number of nitrogens with zero attached hydrogens (tertiary/aromatic N) is 1. The van der Waals surface area contributed by atoms with Crippen LogP contribution in [0.1, 0.15) is 22.3 Å². The van der Waals surface area contributed by atoms with Gasteiger partial charge in [-0.1, -0.05) is 0 Å². The van der Waals surface area contributed by atoms with Gasteiger partial charge in [0, 0.05) is 19.1 Å². The van der Waals surface area contributed by atoms with Crippen LogP contribution in [-0.4, -0.2) is 43.8 Å². The zero-order chi connectivity index (χ0) is 20.6. The zero-order valence-corrected chi connectivity index (χ0v) is 14.8. The molecule has 13 heteroatoms. The number of aromatic amines is 1. The molecule has 0 aliphatic carbocycles. The zero-order valence-electron chi connectivity index (χ0n) is 14.0. The Balaban J connectivity index is 2.82. The molecule has 0 saturated heterocycles. The lowest BCUT2D eigenvalue weighted by Gasteiger charge is -2.14. The van der Waals surface area contributed by atoms with E-state index in [4.69, 9.17) is 0 Å². The van der Waals surface area contributed by atoms with Crippen LogP contribution in [0.4, 0.5) is 13.2 Å². The van der Waals surface area contributed by atoms with Gasteiger partial charge in [0.25, 0.3) is 5.56 Å². The number of alkyl halides is 3. The second-order valence-corrected chi connectivity index (χ2v) is 7.27. The highest BCUT2D eigenvalue weighted by atomic mass is 32.2. The molecule has 2 aromatic rings. The lowest BCUT2D eigenvalue weighted by Crippen LogP contribution is -2.43. The number of hydrogen-bond acceptors (Lipinski definition) is 6. The average Bonchev–Trinajstić information content (AvgIpc) is 2.53. The van der Waals surface area contributed by atoms with Crippen molar-refractivity contribution in [3.63, 3.8) is 0 Å². The Morgan fingerprint density at radius 2 is 1.93 bits per heavy atom. The van der Waals surface area contributed by atoms with Crippen LogP contribution < -0.4 is 16.1 Å². The lowest BCUT2D eigenvalue weighted by molar-refractivity contribution is -0.137. The maximum Gasteiger partial charge on any atom is 0.417 e. The van der Waals surface area contributed by atoms with Gasteiger partial charge >= 0.3 is 11.9 Å². The number of aromatic nitrogens is 2. The molecule has 0 bridgehead atoms. The third-order valence-corrected chi connectivity index (χ3v) is 3.95. The van der Waals surface area contributed by atoms with Gasteiger partial charge in [0.2, 0.25) is 10.0 Å². The Labute approximate surface area is 149 Å². The number of nitrogens with one attached hydrogen (secondary N) is 2. The third-order valence-electron chi connectivity index (χ3n) is 3.43. The van der Waals surface area contributed by atoms with E-state index in [9.17, 15) is 36.0 Å². The van der Waals surface area contributed by atoms with Crippen molar-refractivity contribution in [3.8, 4) is 0 Å². The van der Waals surface area contributed by atoms with Crippen LogP contribution in [0.2, 0.25) is 0 Å². The number of Topliss-reactive ketones (excluding diaryl/α,β-unsaturated/α-hetero) is 1. The first kappa shape index (κ1) is 20.6. The molecule has 0 aliphatic rings. The summed E-state index contributed by atoms with van der Waals surface area (Å²) in [6, 6.07) is 1.14. The van der Waals surface area contributed by atoms with E-state index in [1.807, 2.05) is 4.98 Å². The van der Waals surface area contributed by atoms with Gasteiger partial charge in [-0.3, -0.25) is 9.59 Å². The van der Waals surface area contributed by atoms with E-state index in [2.05, 4.69) is 4.74 Å². The van der Waals surface area contributed by atoms with Crippen LogP contribution in [0, 0.1) is 0 Å². The predicted octanol–water partition coefficient (Wildman–Crippen LogP) is 0.431. The number of carbonyl (C=O) groups excluding carboxylic acids is 1. The van der Waals surface area contributed by atoms with Crippen LogP contribution in [0.25, 0.3) is 10.9 Å². The van der Waals surface area contributed by atoms with Crippen molar-refractivity contribution < 1.29 is 31.1 Å². The number of halogens is 3. The first-order valence-electron chi connectivity index (χ1n) is 7.25. The summed E-state index contributed by atoms with van der Waals surface area (Å²) < 4.78 is 67.3. The van der Waals surface area contributed by atoms with E-state index in [0.29, 0.717) is 18.4 Å². The fourth-order valence-electron chi connectivity index (χ4n) is 2.31. The van der Waals surface area contributed by atoms with E-state index < -0.39 is 55.3 Å². The topological polar surface area (TPSA) is 127 Å². The van der Waals surface area contributed by atoms with Gasteiger partial charge in [-0.25, -0.2) is 18.0 Å². The molecule has 1 heterocycles. The number of carbonyl (C=O) groups is 1. The normalized spacial score (nSPS) is 12.3. The summed E-state index contributed by atoms with van der Waals surface area (Å²) >= 11 is 0. The van der Waals surface area contributed by atoms with Crippen molar-refractivity contribution in [2.45, 2.75) is 12.6 Å². The maximum atomic E-state index is 13.3. The molecule has 0 aliphatic heterocycles. The Bertz CT molecular complexity index is 1120. The fourth-order valence-corrected chi connectivity index (χ4v) is 2.80. The van der Waals surface area contributed by atoms with E-state index >= 15 is 0 Å². The molecule has 148 valence electrons. The minimum absolute atomic E-state index is 0.0916. The molecule has 1 aromatic heterocycles. The Hall–Kier alpha value is -2.67. The minimum Gasteiger partial charge on any atom is -0.384 e. The lowest BCUT2D eigenvalue weighted by atomic mass is 9.99. The highest BCUT2D eigenvalue weighted by molar-refractivity contribution is 7.91. The van der Waals surface area contributed by atoms with Crippen LogP contribution in [-0.2, 0) is 20.9 Å². The largest absolute Gasteiger partial charge is 0.417 e. The number of hydrogen-bond donors (Lipinski definition) is 2. The van der Waals surface area contributed by atoms with Gasteiger partial charge in [0.1, 0.15) is 0 Å². The molecule has 27 heavy (non-hydrogen) atoms. The van der Waals surface area contributed by atoms with Crippen molar-refractivity contribution in [1.29, 1.82) is 0 Å². The molecule has 0 spiro atoms. The molecule has 0 saturated carbocycles. The molecule has 9 nitrogen and oxygen atoms in total. The smallest absolute Gasteiger partial charge is 0.384 e. The number of ether oxygens (including phenoxy) is 1. The average molecular weight is 409 g/mol. The fraction of sp³-hybridized carbons (Fsp3) is 0.357. The molecule has 0 atom stereocenters. The maximum absolute atomic E-state index is 13.3. The van der Waals surface area contributed by atoms with Crippen LogP contribution >= 0.6 is 0 Å². The van der Waals surface area contributed by atoms with Crippen molar-refractivity contribution in [2.75, 3.05) is 24.8 Å². The first-order valence-corrected chi connectivity index (χ1v) is 9.14. The van der Waals surface area contributed by atoms with Gasteiger partial charge < -0.3 is 9.72 Å². The molecule has 0 amide bonds. The van der Waals surface area contributed by atoms with Crippen LogP contribution in [0.15, 0.2) is 21.7 Å². The molecule has 2 N–H and O–H groups in total. The van der Waals surface area contributed by atoms with Crippen LogP contribution in [0.5, 0.6) is 0 Å². The van der Waals surface area contributed by atoms with Crippen molar-refractivity contribution in [1.82, 2.24) is 9.66 Å². The number of fused-ring (bicyclic) bond motifs is 1. The van der Waals surface area contributed by atoms with Gasteiger partial charge in [0.15, 0.2) is 5.78 Å². The molecular formula is C14H14F3N3O6S. The van der Waals surface area contributed by atoms with Gasteiger partial charge in [0.05, 0.1) is 29.3 Å². The second-order valence-electron chi connectivity index (χ2n) is 5.54. The van der Waals surface area contributed by atoms with Crippen molar-refractivity contribution in [3.05, 3.63) is 44.1 Å². The standard InChI is InChI=1S/C14H14F3N3O6S/c1-26-4-3-11(21)7-5-8-10(6-9(7)14(15,16)17)18-13(23)20(12(8)22)19-27(2,24)25/h5-6,19H,3-4H2,1-2H3,(H,18,23). The van der Waals surface area contributed by atoms with Gasteiger partial charge in [-0.2, -0.15) is 17.8 Å². The highest BCUT2D eigenvalue weighted by Gasteiger charge is 2.36. The summed E-state index contributed by atoms with van der Waals surface area (Å²) in [7, 11) is -2.77. The van der Waals surface area contributed by atoms with E-state index in [0.717, 1.165) is 0 Å². The van der Waals surface area contributed by atoms with Crippen molar-refractivity contribution in [2.24, 2.45) is 0 Å². The van der Waals surface area contributed by atoms with E-state index in [-0.39, 0.29) is 17.7 Å².